The molecule has 0 unspecified atom stereocenters. The van der Waals surface area contributed by atoms with Gasteiger partial charge >= 0.3 is 0 Å². The molecule has 0 aliphatic carbocycles. The van der Waals surface area contributed by atoms with Crippen molar-refractivity contribution in [2.45, 2.75) is 6.61 Å². The lowest BCUT2D eigenvalue weighted by Crippen LogP contribution is -2.25. The van der Waals surface area contributed by atoms with Crippen LogP contribution in [-0.2, 0) is 11.4 Å². The molecule has 2 N–H and O–H groups in total. The van der Waals surface area contributed by atoms with Gasteiger partial charge in [0.2, 0.25) is 6.79 Å². The molecule has 8 nitrogen and oxygen atoms in total. The summed E-state index contributed by atoms with van der Waals surface area (Å²) < 4.78 is 21.8. The molecule has 0 spiro atoms. The maximum Gasteiger partial charge on any atom is 0.259 e. The Bertz CT molecular complexity index is 1220. The van der Waals surface area contributed by atoms with Crippen molar-refractivity contribution < 1.29 is 23.7 Å². The molecule has 10 heteroatoms. The summed E-state index contributed by atoms with van der Waals surface area (Å²) in [5.41, 5.74) is 4.74. The number of anilines is 1. The minimum absolute atomic E-state index is 0.0420. The second kappa shape index (κ2) is 11.0. The zero-order valence-electron chi connectivity index (χ0n) is 18.1. The molecule has 1 aliphatic rings. The van der Waals surface area contributed by atoms with Crippen molar-refractivity contribution >= 4 is 41.0 Å². The molecule has 0 fully saturated rings. The van der Waals surface area contributed by atoms with E-state index < -0.39 is 0 Å². The van der Waals surface area contributed by atoms with Gasteiger partial charge in [-0.25, -0.2) is 5.43 Å². The second-order valence-electron chi connectivity index (χ2n) is 7.15. The van der Waals surface area contributed by atoms with Gasteiger partial charge in [0.25, 0.3) is 5.91 Å². The van der Waals surface area contributed by atoms with Crippen molar-refractivity contribution in [1.82, 2.24) is 5.43 Å². The Morgan fingerprint density at radius 3 is 2.74 bits per heavy atom. The van der Waals surface area contributed by atoms with Gasteiger partial charge in [-0.05, 0) is 48.0 Å². The maximum atomic E-state index is 12.1. The number of nitrogens with zero attached hydrogens (tertiary/aromatic N) is 1. The standard InChI is InChI=1S/C24H21Cl2N3O5/c1-31-22-8-15(2-6-20(22)32-13-16-3-4-17(25)9-19(16)26)11-28-29-24(30)12-27-18-5-7-21-23(10-18)34-14-33-21/h2-11,27H,12-14H2,1H3,(H,29,30)/b28-11-. The van der Waals surface area contributed by atoms with Crippen molar-refractivity contribution in [3.63, 3.8) is 0 Å². The summed E-state index contributed by atoms with van der Waals surface area (Å²) in [7, 11) is 1.54. The molecule has 3 aromatic rings. The number of fused-ring (bicyclic) bond motifs is 1. The van der Waals surface area contributed by atoms with E-state index in [9.17, 15) is 4.79 Å². The molecule has 0 atom stereocenters. The van der Waals surface area contributed by atoms with E-state index in [1.165, 1.54) is 6.21 Å². The highest BCUT2D eigenvalue weighted by atomic mass is 35.5. The number of nitrogens with one attached hydrogen (secondary N) is 2. The first kappa shape index (κ1) is 23.5. The predicted octanol–water partition coefficient (Wildman–Crippen LogP) is 4.87. The zero-order valence-corrected chi connectivity index (χ0v) is 19.7. The number of halogens is 2. The molecule has 1 amide bonds. The predicted molar refractivity (Wildman–Crippen MR) is 131 cm³/mol. The van der Waals surface area contributed by atoms with Crippen LogP contribution in [0.25, 0.3) is 0 Å². The first-order valence-electron chi connectivity index (χ1n) is 10.2. The Kier molecular flexibility index (Phi) is 7.61. The summed E-state index contributed by atoms with van der Waals surface area (Å²) in [6.07, 6.45) is 1.51. The normalized spacial score (nSPS) is 12.0. The van der Waals surface area contributed by atoms with Gasteiger partial charge < -0.3 is 24.3 Å². The van der Waals surface area contributed by atoms with E-state index in [0.29, 0.717) is 33.0 Å². The Hall–Kier alpha value is -3.62. The highest BCUT2D eigenvalue weighted by Gasteiger charge is 2.13. The lowest BCUT2D eigenvalue weighted by molar-refractivity contribution is -0.119. The third kappa shape index (κ3) is 6.03. The summed E-state index contributed by atoms with van der Waals surface area (Å²) in [5.74, 6) is 2.08. The van der Waals surface area contributed by atoms with Crippen LogP contribution in [0, 0.1) is 0 Å². The molecule has 4 rings (SSSR count). The number of methoxy groups -OCH3 is 1. The number of hydrazone groups is 1. The molecular formula is C24H21Cl2N3O5. The van der Waals surface area contributed by atoms with Crippen LogP contribution in [0.1, 0.15) is 11.1 Å². The van der Waals surface area contributed by atoms with Crippen molar-refractivity contribution in [3.8, 4) is 23.0 Å². The molecular weight excluding hydrogens is 481 g/mol. The molecule has 1 heterocycles. The fourth-order valence-corrected chi connectivity index (χ4v) is 3.55. The zero-order chi connectivity index (χ0) is 23.9. The van der Waals surface area contributed by atoms with Crippen molar-refractivity contribution in [3.05, 3.63) is 75.8 Å². The largest absolute Gasteiger partial charge is 0.493 e. The van der Waals surface area contributed by atoms with Gasteiger partial charge in [0.05, 0.1) is 19.9 Å². The van der Waals surface area contributed by atoms with Gasteiger partial charge in [-0.1, -0.05) is 29.3 Å². The molecule has 3 aromatic carbocycles. The number of hydrogen-bond acceptors (Lipinski definition) is 7. The quantitative estimate of drug-likeness (QED) is 0.321. The van der Waals surface area contributed by atoms with Gasteiger partial charge in [-0.15, -0.1) is 0 Å². The number of amides is 1. The molecule has 0 aromatic heterocycles. The third-order valence-corrected chi connectivity index (χ3v) is 5.40. The Balaban J connectivity index is 1.29. The molecule has 0 saturated heterocycles. The van der Waals surface area contributed by atoms with E-state index in [2.05, 4.69) is 15.8 Å². The van der Waals surface area contributed by atoms with E-state index in [4.69, 9.17) is 42.1 Å². The Morgan fingerprint density at radius 2 is 1.91 bits per heavy atom. The van der Waals surface area contributed by atoms with E-state index in [1.807, 2.05) is 6.07 Å². The lowest BCUT2D eigenvalue weighted by atomic mass is 10.2. The SMILES string of the molecule is COc1cc(/C=N\NC(=O)CNc2ccc3c(c2)OCO3)ccc1OCc1ccc(Cl)cc1Cl. The van der Waals surface area contributed by atoms with Crippen LogP contribution in [0.15, 0.2) is 59.7 Å². The highest BCUT2D eigenvalue weighted by molar-refractivity contribution is 6.35. The number of rotatable bonds is 9. The fraction of sp³-hybridized carbons (Fsp3) is 0.167. The number of carbonyl (C=O) groups excluding carboxylic acids is 1. The van der Waals surface area contributed by atoms with Crippen LogP contribution in [0.4, 0.5) is 5.69 Å². The topological polar surface area (TPSA) is 90.4 Å². The van der Waals surface area contributed by atoms with Crippen molar-refractivity contribution in [2.24, 2.45) is 5.10 Å². The van der Waals surface area contributed by atoms with Crippen LogP contribution in [0.3, 0.4) is 0 Å². The van der Waals surface area contributed by atoms with Gasteiger partial charge in [-0.3, -0.25) is 4.79 Å². The summed E-state index contributed by atoms with van der Waals surface area (Å²) in [4.78, 5) is 12.1. The average Bonchev–Trinajstić information content (AvgIpc) is 3.30. The van der Waals surface area contributed by atoms with Crippen LogP contribution in [-0.4, -0.2) is 32.6 Å². The number of benzene rings is 3. The average molecular weight is 502 g/mol. The molecule has 1 aliphatic heterocycles. The van der Waals surface area contributed by atoms with E-state index in [0.717, 1.165) is 16.8 Å². The third-order valence-electron chi connectivity index (χ3n) is 4.81. The van der Waals surface area contributed by atoms with Crippen LogP contribution in [0.2, 0.25) is 10.0 Å². The number of hydrogen-bond donors (Lipinski definition) is 2. The smallest absolute Gasteiger partial charge is 0.259 e. The highest BCUT2D eigenvalue weighted by Crippen LogP contribution is 2.34. The van der Waals surface area contributed by atoms with Crippen LogP contribution in [0.5, 0.6) is 23.0 Å². The molecule has 0 saturated carbocycles. The first-order valence-corrected chi connectivity index (χ1v) is 11.0. The minimum Gasteiger partial charge on any atom is -0.493 e. The molecule has 34 heavy (non-hydrogen) atoms. The second-order valence-corrected chi connectivity index (χ2v) is 7.99. The Morgan fingerprint density at radius 1 is 1.06 bits per heavy atom. The van der Waals surface area contributed by atoms with E-state index in [1.54, 1.807) is 55.6 Å². The summed E-state index contributed by atoms with van der Waals surface area (Å²) >= 11 is 12.1. The summed E-state index contributed by atoms with van der Waals surface area (Å²) in [5, 5.41) is 8.09. The van der Waals surface area contributed by atoms with Gasteiger partial charge in [0.15, 0.2) is 23.0 Å². The molecule has 176 valence electrons. The maximum absolute atomic E-state index is 12.1. The monoisotopic (exact) mass is 501 g/mol. The van der Waals surface area contributed by atoms with Crippen LogP contribution < -0.4 is 29.7 Å². The minimum atomic E-state index is -0.305. The van der Waals surface area contributed by atoms with Crippen molar-refractivity contribution in [2.75, 3.05) is 25.8 Å². The van der Waals surface area contributed by atoms with Crippen molar-refractivity contribution in [1.29, 1.82) is 0 Å². The van der Waals surface area contributed by atoms with E-state index in [-0.39, 0.29) is 25.9 Å². The van der Waals surface area contributed by atoms with Gasteiger partial charge in [-0.2, -0.15) is 5.10 Å². The first-order chi connectivity index (χ1) is 16.5. The van der Waals surface area contributed by atoms with Crippen LogP contribution >= 0.6 is 23.2 Å². The number of carbonyl (C=O) groups is 1. The van der Waals surface area contributed by atoms with Gasteiger partial charge in [0, 0.05) is 27.4 Å². The van der Waals surface area contributed by atoms with Gasteiger partial charge in [0.1, 0.15) is 6.61 Å². The fourth-order valence-electron chi connectivity index (χ4n) is 3.09. The summed E-state index contributed by atoms with van der Waals surface area (Å²) in [6, 6.07) is 15.9. The lowest BCUT2D eigenvalue weighted by Gasteiger charge is -2.12. The Labute approximate surface area is 206 Å². The molecule has 0 radical (unpaired) electrons. The van der Waals surface area contributed by atoms with E-state index >= 15 is 0 Å². The molecule has 0 bridgehead atoms. The number of ether oxygens (including phenoxy) is 4. The summed E-state index contributed by atoms with van der Waals surface area (Å²) in [6.45, 7) is 0.495.